The molecule has 6 heteroatoms. The summed E-state index contributed by atoms with van der Waals surface area (Å²) in [5.74, 6) is -0.103. The van der Waals surface area contributed by atoms with Crippen LogP contribution in [0.15, 0.2) is 55.0 Å². The highest BCUT2D eigenvalue weighted by atomic mass is 16.2. The van der Waals surface area contributed by atoms with Gasteiger partial charge in [-0.15, -0.1) is 0 Å². The molecular weight excluding hydrogens is 338 g/mol. The zero-order valence-electron chi connectivity index (χ0n) is 14.7. The fraction of sp³-hybridized carbons (Fsp3) is 0.238. The van der Waals surface area contributed by atoms with Crippen molar-refractivity contribution >= 4 is 12.0 Å². The van der Waals surface area contributed by atoms with Crippen LogP contribution < -0.4 is 5.32 Å². The average Bonchev–Trinajstić information content (AvgIpc) is 3.44. The molecule has 1 aromatic carbocycles. The molecule has 1 saturated carbocycles. The van der Waals surface area contributed by atoms with Crippen LogP contribution in [0.4, 0.5) is 0 Å². The van der Waals surface area contributed by atoms with Crippen molar-refractivity contribution in [2.24, 2.45) is 0 Å². The second kappa shape index (κ2) is 6.16. The molecule has 1 amide bonds. The molecule has 27 heavy (non-hydrogen) atoms. The van der Waals surface area contributed by atoms with Crippen molar-refractivity contribution in [3.63, 3.8) is 0 Å². The summed E-state index contributed by atoms with van der Waals surface area (Å²) in [5.41, 5.74) is 3.93. The first kappa shape index (κ1) is 15.9. The zero-order chi connectivity index (χ0) is 18.3. The largest absolute Gasteiger partial charge is 0.348 e. The molecule has 0 spiro atoms. The molecule has 0 aliphatic heterocycles. The maximum absolute atomic E-state index is 12.5. The number of nitrogens with zero attached hydrogens (tertiary/aromatic N) is 3. The Kier molecular flexibility index (Phi) is 3.63. The third-order valence-corrected chi connectivity index (χ3v) is 5.33. The summed E-state index contributed by atoms with van der Waals surface area (Å²) in [6, 6.07) is 12.5. The number of aromatic amines is 1. The molecule has 2 heterocycles. The van der Waals surface area contributed by atoms with Crippen LogP contribution in [-0.2, 0) is 11.8 Å². The van der Waals surface area contributed by atoms with E-state index in [0.717, 1.165) is 35.4 Å². The molecule has 2 aliphatic rings. The molecule has 5 rings (SSSR count). The van der Waals surface area contributed by atoms with E-state index in [1.54, 1.807) is 12.5 Å². The number of amides is 1. The number of fused-ring (bicyclic) bond motifs is 1. The standard InChI is InChI=1S/C21H19N5O/c27-20(24-15-6-7-15)19-16-8-10-21(12-17(16)25-26-19,14-4-2-1-3-5-14)18-9-11-22-13-23-18/h1-5,8-11,13,15H,6-7,12H2,(H,24,27)(H,25,26). The minimum absolute atomic E-state index is 0.103. The molecule has 0 radical (unpaired) electrons. The summed E-state index contributed by atoms with van der Waals surface area (Å²) < 4.78 is 0. The highest BCUT2D eigenvalue weighted by Crippen LogP contribution is 2.40. The molecule has 2 N–H and O–H groups in total. The lowest BCUT2D eigenvalue weighted by Crippen LogP contribution is -2.32. The predicted octanol–water partition coefficient (Wildman–Crippen LogP) is 2.65. The van der Waals surface area contributed by atoms with Gasteiger partial charge in [0.2, 0.25) is 0 Å². The molecule has 1 fully saturated rings. The number of hydrogen-bond acceptors (Lipinski definition) is 4. The van der Waals surface area contributed by atoms with Crippen molar-refractivity contribution in [1.82, 2.24) is 25.5 Å². The fourth-order valence-electron chi connectivity index (χ4n) is 3.73. The Morgan fingerprint density at radius 2 is 2.04 bits per heavy atom. The Morgan fingerprint density at radius 1 is 1.19 bits per heavy atom. The third-order valence-electron chi connectivity index (χ3n) is 5.33. The first-order valence-corrected chi connectivity index (χ1v) is 9.16. The van der Waals surface area contributed by atoms with Gasteiger partial charge in [-0.2, -0.15) is 5.10 Å². The number of hydrogen-bond donors (Lipinski definition) is 2. The van der Waals surface area contributed by atoms with Crippen LogP contribution in [0.3, 0.4) is 0 Å². The number of carbonyl (C=O) groups is 1. The highest BCUT2D eigenvalue weighted by Gasteiger charge is 2.38. The number of benzene rings is 1. The lowest BCUT2D eigenvalue weighted by Gasteiger charge is -2.33. The summed E-state index contributed by atoms with van der Waals surface area (Å²) in [6.07, 6.45) is 10.2. The van der Waals surface area contributed by atoms with Crippen LogP contribution in [0.5, 0.6) is 0 Å². The van der Waals surface area contributed by atoms with Crippen LogP contribution in [0, 0.1) is 0 Å². The van der Waals surface area contributed by atoms with Crippen LogP contribution in [0.2, 0.25) is 0 Å². The van der Waals surface area contributed by atoms with Gasteiger partial charge in [0, 0.05) is 29.9 Å². The van der Waals surface area contributed by atoms with Gasteiger partial charge in [0.25, 0.3) is 5.91 Å². The second-order valence-electron chi connectivity index (χ2n) is 7.15. The number of aromatic nitrogens is 4. The van der Waals surface area contributed by atoms with E-state index in [4.69, 9.17) is 0 Å². The van der Waals surface area contributed by atoms with Crippen LogP contribution in [-0.4, -0.2) is 32.1 Å². The van der Waals surface area contributed by atoms with Gasteiger partial charge >= 0.3 is 0 Å². The minimum atomic E-state index is -0.423. The maximum Gasteiger partial charge on any atom is 0.272 e. The van der Waals surface area contributed by atoms with Crippen molar-refractivity contribution in [3.05, 3.63) is 83.2 Å². The Morgan fingerprint density at radius 3 is 2.78 bits per heavy atom. The summed E-state index contributed by atoms with van der Waals surface area (Å²) >= 11 is 0. The van der Waals surface area contributed by atoms with Gasteiger partial charge < -0.3 is 5.32 Å². The SMILES string of the molecule is O=C(NC1CC1)c1n[nH]c2c1C=CC(c1ccccc1)(c1ccncn1)C2. The van der Waals surface area contributed by atoms with Gasteiger partial charge in [-0.3, -0.25) is 9.89 Å². The number of carbonyl (C=O) groups excluding carboxylic acids is 1. The van der Waals surface area contributed by atoms with Crippen molar-refractivity contribution in [1.29, 1.82) is 0 Å². The molecule has 2 aliphatic carbocycles. The maximum atomic E-state index is 12.5. The first-order chi connectivity index (χ1) is 13.3. The topological polar surface area (TPSA) is 83.6 Å². The van der Waals surface area contributed by atoms with Gasteiger partial charge in [0.15, 0.2) is 5.69 Å². The van der Waals surface area contributed by atoms with Gasteiger partial charge in [0.05, 0.1) is 11.1 Å². The Labute approximate surface area is 156 Å². The van der Waals surface area contributed by atoms with E-state index in [1.807, 2.05) is 30.3 Å². The molecule has 134 valence electrons. The number of rotatable bonds is 4. The average molecular weight is 357 g/mol. The van der Waals surface area contributed by atoms with Crippen LogP contribution in [0.1, 0.15) is 45.8 Å². The predicted molar refractivity (Wildman–Crippen MR) is 101 cm³/mol. The van der Waals surface area contributed by atoms with Gasteiger partial charge in [-0.25, -0.2) is 9.97 Å². The minimum Gasteiger partial charge on any atom is -0.348 e. The van der Waals surface area contributed by atoms with E-state index in [9.17, 15) is 4.79 Å². The number of nitrogens with one attached hydrogen (secondary N) is 2. The summed E-state index contributed by atoms with van der Waals surface area (Å²) in [5, 5.41) is 10.4. The van der Waals surface area contributed by atoms with Crippen LogP contribution in [0.25, 0.3) is 6.08 Å². The van der Waals surface area contributed by atoms with E-state index in [2.05, 4.69) is 43.7 Å². The van der Waals surface area contributed by atoms with Crippen LogP contribution >= 0.6 is 0 Å². The second-order valence-corrected chi connectivity index (χ2v) is 7.15. The smallest absolute Gasteiger partial charge is 0.272 e. The number of H-pyrrole nitrogens is 1. The third kappa shape index (κ3) is 2.73. The Balaban J connectivity index is 1.58. The van der Waals surface area contributed by atoms with E-state index in [-0.39, 0.29) is 5.91 Å². The summed E-state index contributed by atoms with van der Waals surface area (Å²) in [7, 11) is 0. The van der Waals surface area contributed by atoms with E-state index in [1.165, 1.54) is 0 Å². The summed E-state index contributed by atoms with van der Waals surface area (Å²) in [4.78, 5) is 21.1. The van der Waals surface area contributed by atoms with Crippen molar-refractivity contribution in [3.8, 4) is 0 Å². The molecule has 1 atom stereocenters. The van der Waals surface area contributed by atoms with Crippen molar-refractivity contribution in [2.75, 3.05) is 0 Å². The molecule has 0 bridgehead atoms. The van der Waals surface area contributed by atoms with E-state index < -0.39 is 5.41 Å². The van der Waals surface area contributed by atoms with Crippen molar-refractivity contribution < 1.29 is 4.79 Å². The Hall–Kier alpha value is -3.28. The fourth-order valence-corrected chi connectivity index (χ4v) is 3.73. The van der Waals surface area contributed by atoms with Gasteiger partial charge in [0.1, 0.15) is 6.33 Å². The molecule has 6 nitrogen and oxygen atoms in total. The van der Waals surface area contributed by atoms with E-state index >= 15 is 0 Å². The quantitative estimate of drug-likeness (QED) is 0.752. The monoisotopic (exact) mass is 357 g/mol. The molecule has 2 aromatic heterocycles. The molecular formula is C21H19N5O. The lowest BCUT2D eigenvalue weighted by molar-refractivity contribution is 0.0946. The summed E-state index contributed by atoms with van der Waals surface area (Å²) in [6.45, 7) is 0. The molecule has 3 aromatic rings. The Bertz CT molecular complexity index is 966. The molecule has 0 saturated heterocycles. The first-order valence-electron chi connectivity index (χ1n) is 9.16. The van der Waals surface area contributed by atoms with E-state index in [0.29, 0.717) is 18.2 Å². The normalized spacial score (nSPS) is 20.9. The van der Waals surface area contributed by atoms with Gasteiger partial charge in [-0.1, -0.05) is 42.5 Å². The molecule has 1 unspecified atom stereocenters. The lowest BCUT2D eigenvalue weighted by atomic mass is 9.70. The number of allylic oxidation sites excluding steroid dienone is 1. The zero-order valence-corrected chi connectivity index (χ0v) is 14.7. The highest BCUT2D eigenvalue weighted by molar-refractivity contribution is 5.97. The van der Waals surface area contributed by atoms with Crippen molar-refractivity contribution in [2.45, 2.75) is 30.7 Å². The van der Waals surface area contributed by atoms with Gasteiger partial charge in [-0.05, 0) is 24.5 Å².